The predicted octanol–water partition coefficient (Wildman–Crippen LogP) is 12.7. The number of rotatable bonds is 26. The molecule has 0 atom stereocenters. The molecule has 0 rings (SSSR count). The predicted molar refractivity (Wildman–Crippen MR) is 159 cm³/mol. The molecule has 0 saturated heterocycles. The first-order valence-electron chi connectivity index (χ1n) is 15.8. The first kappa shape index (κ1) is 33.4. The van der Waals surface area contributed by atoms with Gasteiger partial charge < -0.3 is 0 Å². The number of hydrogen-bond acceptors (Lipinski definition) is 0. The molecule has 0 unspecified atom stereocenters. The fraction of sp³-hybridized carbons (Fsp3) is 1.00. The summed E-state index contributed by atoms with van der Waals surface area (Å²) in [6, 6.07) is 0. The van der Waals surface area contributed by atoms with E-state index in [0.29, 0.717) is 5.16 Å². The first-order valence-corrected chi connectivity index (χ1v) is 17.5. The zero-order valence-corrected chi connectivity index (χ0v) is 25.2. The highest BCUT2D eigenvalue weighted by atomic mass is 31.1. The Kier molecular flexibility index (Phi) is 25.9. The molecule has 0 saturated carbocycles. The molecular weight excluding hydrogens is 415 g/mol. The molecule has 0 aliphatic rings. The molecule has 0 aromatic carbocycles. The Balaban J connectivity index is 3.56. The highest BCUT2D eigenvalue weighted by molar-refractivity contribution is 7.59. The Morgan fingerprint density at radius 3 is 0.758 bits per heavy atom. The van der Waals surface area contributed by atoms with Gasteiger partial charge in [-0.1, -0.05) is 176 Å². The lowest BCUT2D eigenvalue weighted by Gasteiger charge is -2.32. The van der Waals surface area contributed by atoms with Gasteiger partial charge >= 0.3 is 0 Å². The van der Waals surface area contributed by atoms with Crippen molar-refractivity contribution in [2.24, 2.45) is 0 Å². The van der Waals surface area contributed by atoms with Crippen molar-refractivity contribution in [3.63, 3.8) is 0 Å². The van der Waals surface area contributed by atoms with E-state index < -0.39 is 0 Å². The molecule has 0 heterocycles. The van der Waals surface area contributed by atoms with Crippen LogP contribution in [0.15, 0.2) is 0 Å². The lowest BCUT2D eigenvalue weighted by molar-refractivity contribution is 0.547. The minimum Gasteiger partial charge on any atom is -0.101 e. The standard InChI is InChI=1S/C32H67P/c1-6-8-10-12-14-16-18-20-22-24-26-28-30-33(32(3,4)5)31-29-27-25-23-21-19-17-15-13-11-9-7-2/h6-31H2,1-5H3. The van der Waals surface area contributed by atoms with E-state index in [-0.39, 0.29) is 7.92 Å². The average Bonchev–Trinajstić information content (AvgIpc) is 2.78. The van der Waals surface area contributed by atoms with Gasteiger partial charge in [0.2, 0.25) is 0 Å². The Bertz CT molecular complexity index is 328. The molecule has 33 heavy (non-hydrogen) atoms. The molecule has 0 spiro atoms. The zero-order valence-electron chi connectivity index (χ0n) is 24.3. The van der Waals surface area contributed by atoms with E-state index >= 15 is 0 Å². The van der Waals surface area contributed by atoms with Crippen LogP contribution in [0.1, 0.15) is 189 Å². The number of hydrogen-bond donors (Lipinski definition) is 0. The van der Waals surface area contributed by atoms with E-state index in [1.54, 1.807) is 0 Å². The lowest BCUT2D eigenvalue weighted by Crippen LogP contribution is -2.15. The monoisotopic (exact) mass is 482 g/mol. The fourth-order valence-electron chi connectivity index (χ4n) is 5.07. The molecule has 0 aliphatic heterocycles. The summed E-state index contributed by atoms with van der Waals surface area (Å²) in [4.78, 5) is 0. The molecule has 1 heteroatoms. The summed E-state index contributed by atoms with van der Waals surface area (Å²) in [5.74, 6) is 0. The molecule has 200 valence electrons. The van der Waals surface area contributed by atoms with E-state index in [0.717, 1.165) is 0 Å². The highest BCUT2D eigenvalue weighted by Crippen LogP contribution is 2.50. The van der Waals surface area contributed by atoms with Crippen molar-refractivity contribution >= 4 is 7.92 Å². The SMILES string of the molecule is CCCCCCCCCCCCCCP(CCCCCCCCCCCCCC)C(C)(C)C. The summed E-state index contributed by atoms with van der Waals surface area (Å²) in [6.45, 7) is 12.2. The van der Waals surface area contributed by atoms with Gasteiger partial charge in [-0.05, 0) is 30.3 Å². The third kappa shape index (κ3) is 25.3. The summed E-state index contributed by atoms with van der Waals surface area (Å²) >= 11 is 0. The molecule has 0 amide bonds. The van der Waals surface area contributed by atoms with E-state index in [9.17, 15) is 0 Å². The topological polar surface area (TPSA) is 0 Å². The first-order chi connectivity index (χ1) is 16.0. The maximum absolute atomic E-state index is 2.51. The van der Waals surface area contributed by atoms with Gasteiger partial charge in [0.25, 0.3) is 0 Å². The van der Waals surface area contributed by atoms with Crippen molar-refractivity contribution in [3.05, 3.63) is 0 Å². The molecule has 0 fully saturated rings. The van der Waals surface area contributed by atoms with Gasteiger partial charge in [-0.25, -0.2) is 0 Å². The van der Waals surface area contributed by atoms with Gasteiger partial charge in [0.15, 0.2) is 0 Å². The van der Waals surface area contributed by atoms with Crippen molar-refractivity contribution in [2.45, 2.75) is 194 Å². The summed E-state index contributed by atoms with van der Waals surface area (Å²) < 4.78 is 0. The third-order valence-corrected chi connectivity index (χ3v) is 11.1. The smallest absolute Gasteiger partial charge is 0.0179 e. The Morgan fingerprint density at radius 1 is 0.333 bits per heavy atom. The van der Waals surface area contributed by atoms with Crippen LogP contribution >= 0.6 is 7.92 Å². The van der Waals surface area contributed by atoms with Gasteiger partial charge in [0.05, 0.1) is 0 Å². The van der Waals surface area contributed by atoms with E-state index in [1.807, 2.05) is 0 Å². The molecule has 0 N–H and O–H groups in total. The minimum absolute atomic E-state index is 0.223. The number of unbranched alkanes of at least 4 members (excludes halogenated alkanes) is 22. The largest absolute Gasteiger partial charge is 0.101 e. The van der Waals surface area contributed by atoms with Crippen LogP contribution in [-0.2, 0) is 0 Å². The second-order valence-corrected chi connectivity index (χ2v) is 15.3. The van der Waals surface area contributed by atoms with Crippen LogP contribution in [0.3, 0.4) is 0 Å². The summed E-state index contributed by atoms with van der Waals surface area (Å²) in [6.07, 6.45) is 38.4. The maximum atomic E-state index is 2.51. The van der Waals surface area contributed by atoms with Gasteiger partial charge in [-0.15, -0.1) is 7.92 Å². The second-order valence-electron chi connectivity index (χ2n) is 11.9. The molecule has 0 nitrogen and oxygen atoms in total. The molecule has 0 aromatic heterocycles. The van der Waals surface area contributed by atoms with Crippen LogP contribution in [0.2, 0.25) is 0 Å². The molecule has 0 aromatic rings. The van der Waals surface area contributed by atoms with Crippen molar-refractivity contribution in [1.82, 2.24) is 0 Å². The van der Waals surface area contributed by atoms with Gasteiger partial charge in [0.1, 0.15) is 0 Å². The zero-order chi connectivity index (χ0) is 24.5. The minimum atomic E-state index is 0.223. The van der Waals surface area contributed by atoms with Crippen molar-refractivity contribution < 1.29 is 0 Å². The van der Waals surface area contributed by atoms with Crippen molar-refractivity contribution in [2.75, 3.05) is 12.3 Å². The van der Waals surface area contributed by atoms with Gasteiger partial charge in [-0.3, -0.25) is 0 Å². The Morgan fingerprint density at radius 2 is 0.545 bits per heavy atom. The summed E-state index contributed by atoms with van der Waals surface area (Å²) in [5, 5.41) is 0.560. The molecule has 0 bridgehead atoms. The van der Waals surface area contributed by atoms with Crippen molar-refractivity contribution in [3.8, 4) is 0 Å². The van der Waals surface area contributed by atoms with Crippen LogP contribution < -0.4 is 0 Å². The molecule has 0 aliphatic carbocycles. The van der Waals surface area contributed by atoms with Crippen LogP contribution in [0.25, 0.3) is 0 Å². The van der Waals surface area contributed by atoms with Gasteiger partial charge in [0, 0.05) is 0 Å². The van der Waals surface area contributed by atoms with Crippen molar-refractivity contribution in [1.29, 1.82) is 0 Å². The second kappa shape index (κ2) is 25.5. The lowest BCUT2D eigenvalue weighted by atomic mass is 10.1. The Labute approximate surface area is 214 Å². The normalized spacial score (nSPS) is 12.2. The fourth-order valence-corrected chi connectivity index (χ4v) is 7.85. The third-order valence-electron chi connectivity index (χ3n) is 7.51. The van der Waals surface area contributed by atoms with Gasteiger partial charge in [-0.2, -0.15) is 0 Å². The van der Waals surface area contributed by atoms with E-state index in [4.69, 9.17) is 0 Å². The highest BCUT2D eigenvalue weighted by Gasteiger charge is 2.22. The van der Waals surface area contributed by atoms with Crippen LogP contribution in [0.5, 0.6) is 0 Å². The molecule has 0 radical (unpaired) electrons. The quantitative estimate of drug-likeness (QED) is 0.0849. The van der Waals surface area contributed by atoms with E-state index in [1.165, 1.54) is 166 Å². The molecular formula is C32H67P. The van der Waals surface area contributed by atoms with Crippen LogP contribution in [-0.4, -0.2) is 17.5 Å². The van der Waals surface area contributed by atoms with E-state index in [2.05, 4.69) is 34.6 Å². The average molecular weight is 483 g/mol. The summed E-state index contributed by atoms with van der Waals surface area (Å²) in [7, 11) is 0.223. The Hall–Kier alpha value is 0.430. The summed E-state index contributed by atoms with van der Waals surface area (Å²) in [5.41, 5.74) is 0. The van der Waals surface area contributed by atoms with Crippen LogP contribution in [0, 0.1) is 0 Å². The maximum Gasteiger partial charge on any atom is -0.0179 e. The van der Waals surface area contributed by atoms with Crippen LogP contribution in [0.4, 0.5) is 0 Å².